The summed E-state index contributed by atoms with van der Waals surface area (Å²) in [5.41, 5.74) is 2.67. The fraction of sp³-hybridized carbons (Fsp3) is 0.158. The Balaban J connectivity index is 1.53. The molecule has 1 amide bonds. The summed E-state index contributed by atoms with van der Waals surface area (Å²) in [5, 5.41) is 6.33. The highest BCUT2D eigenvalue weighted by Gasteiger charge is 2.09. The summed E-state index contributed by atoms with van der Waals surface area (Å²) >= 11 is 1.35. The summed E-state index contributed by atoms with van der Waals surface area (Å²) in [4.78, 5) is 17.1. The number of nitrogens with one attached hydrogen (secondary N) is 2. The van der Waals surface area contributed by atoms with E-state index in [2.05, 4.69) is 15.6 Å². The van der Waals surface area contributed by atoms with E-state index < -0.39 is 0 Å². The van der Waals surface area contributed by atoms with Gasteiger partial charge in [-0.1, -0.05) is 35.9 Å². The molecule has 3 rings (SSSR count). The summed E-state index contributed by atoms with van der Waals surface area (Å²) in [6.45, 7) is 2.17. The van der Waals surface area contributed by atoms with Gasteiger partial charge >= 0.3 is 0 Å². The van der Waals surface area contributed by atoms with E-state index in [1.807, 2.05) is 31.2 Å². The molecule has 0 spiro atoms. The number of aromatic nitrogens is 1. The number of amides is 1. The predicted octanol–water partition coefficient (Wildman–Crippen LogP) is 4.23. The van der Waals surface area contributed by atoms with Gasteiger partial charge in [0.1, 0.15) is 5.82 Å². The van der Waals surface area contributed by atoms with E-state index >= 15 is 0 Å². The number of carbonyl (C=O) groups excluding carboxylic acids is 1. The van der Waals surface area contributed by atoms with Crippen LogP contribution in [0.4, 0.5) is 15.2 Å². The Labute approximate surface area is 149 Å². The monoisotopic (exact) mass is 355 g/mol. The minimum atomic E-state index is -0.233. The Hall–Kier alpha value is -2.73. The molecule has 3 aromatic rings. The standard InChI is InChI=1S/C19H18FN3OS/c1-13-6-8-15(9-7-13)21-12-18(24)23-19-22-11-16(25-19)10-14-4-2-3-5-17(14)20/h2-9,11,21H,10,12H2,1H3,(H,22,23,24). The smallest absolute Gasteiger partial charge is 0.245 e. The maximum Gasteiger partial charge on any atom is 0.245 e. The summed E-state index contributed by atoms with van der Waals surface area (Å²) in [6, 6.07) is 14.5. The molecule has 0 unspecified atom stereocenters. The van der Waals surface area contributed by atoms with Crippen LogP contribution < -0.4 is 10.6 Å². The second-order valence-electron chi connectivity index (χ2n) is 5.67. The molecule has 0 atom stereocenters. The molecule has 0 radical (unpaired) electrons. The van der Waals surface area contributed by atoms with Crippen LogP contribution in [0.5, 0.6) is 0 Å². The minimum absolute atomic E-state index is 0.158. The van der Waals surface area contributed by atoms with Crippen LogP contribution in [0.2, 0.25) is 0 Å². The van der Waals surface area contributed by atoms with E-state index in [1.54, 1.807) is 24.4 Å². The molecule has 6 heteroatoms. The lowest BCUT2D eigenvalue weighted by molar-refractivity contribution is -0.114. The maximum absolute atomic E-state index is 13.7. The third-order valence-corrected chi connectivity index (χ3v) is 4.54. The molecule has 0 aliphatic rings. The van der Waals surface area contributed by atoms with E-state index in [0.29, 0.717) is 17.1 Å². The largest absolute Gasteiger partial charge is 0.376 e. The fourth-order valence-corrected chi connectivity index (χ4v) is 3.15. The molecule has 0 fully saturated rings. The van der Waals surface area contributed by atoms with Crippen LogP contribution in [0, 0.1) is 12.7 Å². The lowest BCUT2D eigenvalue weighted by Crippen LogP contribution is -2.21. The molecule has 1 heterocycles. The number of anilines is 2. The molecule has 0 saturated carbocycles. The van der Waals surface area contributed by atoms with Crippen molar-refractivity contribution in [2.24, 2.45) is 0 Å². The van der Waals surface area contributed by atoms with Gasteiger partial charge in [-0.2, -0.15) is 0 Å². The highest BCUT2D eigenvalue weighted by Crippen LogP contribution is 2.22. The number of hydrogen-bond acceptors (Lipinski definition) is 4. The van der Waals surface area contributed by atoms with Gasteiger partial charge in [-0.3, -0.25) is 4.79 Å². The number of thiazole rings is 1. The zero-order chi connectivity index (χ0) is 17.6. The number of carbonyl (C=O) groups is 1. The average molecular weight is 355 g/mol. The number of nitrogens with zero attached hydrogens (tertiary/aromatic N) is 1. The van der Waals surface area contributed by atoms with Gasteiger partial charge in [0.2, 0.25) is 5.91 Å². The first-order chi connectivity index (χ1) is 12.1. The highest BCUT2D eigenvalue weighted by molar-refractivity contribution is 7.15. The molecule has 0 saturated heterocycles. The van der Waals surface area contributed by atoms with Crippen molar-refractivity contribution < 1.29 is 9.18 Å². The van der Waals surface area contributed by atoms with E-state index in [1.165, 1.54) is 23.0 Å². The number of hydrogen-bond donors (Lipinski definition) is 2. The molecule has 0 aliphatic heterocycles. The Kier molecular flexibility index (Phi) is 5.40. The van der Waals surface area contributed by atoms with Crippen LogP contribution in [0.1, 0.15) is 16.0 Å². The Morgan fingerprint density at radius 1 is 1.16 bits per heavy atom. The first-order valence-corrected chi connectivity index (χ1v) is 8.70. The number of benzene rings is 2. The Bertz CT molecular complexity index is 861. The van der Waals surface area contributed by atoms with Crippen molar-refractivity contribution in [3.63, 3.8) is 0 Å². The third-order valence-electron chi connectivity index (χ3n) is 3.63. The maximum atomic E-state index is 13.7. The van der Waals surface area contributed by atoms with Gasteiger partial charge in [0.25, 0.3) is 0 Å². The van der Waals surface area contributed by atoms with Gasteiger partial charge in [-0.15, -0.1) is 11.3 Å². The summed E-state index contributed by atoms with van der Waals surface area (Å²) in [7, 11) is 0. The quantitative estimate of drug-likeness (QED) is 0.696. The third kappa shape index (κ3) is 4.87. The number of aryl methyl sites for hydroxylation is 1. The van der Waals surface area contributed by atoms with Crippen LogP contribution >= 0.6 is 11.3 Å². The van der Waals surface area contributed by atoms with Crippen LogP contribution in [0.25, 0.3) is 0 Å². The molecule has 4 nitrogen and oxygen atoms in total. The van der Waals surface area contributed by atoms with Crippen molar-refractivity contribution in [1.29, 1.82) is 0 Å². The average Bonchev–Trinajstić information content (AvgIpc) is 3.03. The fourth-order valence-electron chi connectivity index (χ4n) is 2.29. The second kappa shape index (κ2) is 7.90. The number of rotatable bonds is 6. The zero-order valence-electron chi connectivity index (χ0n) is 13.8. The highest BCUT2D eigenvalue weighted by atomic mass is 32.1. The Morgan fingerprint density at radius 2 is 1.92 bits per heavy atom. The first kappa shape index (κ1) is 17.1. The molecule has 25 heavy (non-hydrogen) atoms. The lowest BCUT2D eigenvalue weighted by Gasteiger charge is -2.06. The van der Waals surface area contributed by atoms with Crippen molar-refractivity contribution in [1.82, 2.24) is 4.98 Å². The molecular weight excluding hydrogens is 337 g/mol. The van der Waals surface area contributed by atoms with Crippen molar-refractivity contribution in [3.05, 3.63) is 76.5 Å². The predicted molar refractivity (Wildman–Crippen MR) is 99.6 cm³/mol. The Morgan fingerprint density at radius 3 is 2.68 bits per heavy atom. The second-order valence-corrected chi connectivity index (χ2v) is 6.78. The van der Waals surface area contributed by atoms with Crippen molar-refractivity contribution >= 4 is 28.1 Å². The molecule has 0 bridgehead atoms. The van der Waals surface area contributed by atoms with Gasteiger partial charge in [0.05, 0.1) is 6.54 Å². The topological polar surface area (TPSA) is 54.0 Å². The van der Waals surface area contributed by atoms with Gasteiger partial charge in [-0.05, 0) is 30.7 Å². The zero-order valence-corrected chi connectivity index (χ0v) is 14.6. The molecule has 2 N–H and O–H groups in total. The summed E-state index contributed by atoms with van der Waals surface area (Å²) < 4.78 is 13.7. The van der Waals surface area contributed by atoms with E-state index in [-0.39, 0.29) is 18.3 Å². The van der Waals surface area contributed by atoms with Gasteiger partial charge < -0.3 is 10.6 Å². The molecule has 1 aromatic heterocycles. The van der Waals surface area contributed by atoms with Crippen LogP contribution in [0.3, 0.4) is 0 Å². The van der Waals surface area contributed by atoms with Crippen LogP contribution in [0.15, 0.2) is 54.7 Å². The van der Waals surface area contributed by atoms with Gasteiger partial charge in [0.15, 0.2) is 5.13 Å². The lowest BCUT2D eigenvalue weighted by atomic mass is 10.1. The van der Waals surface area contributed by atoms with E-state index in [4.69, 9.17) is 0 Å². The molecular formula is C19H18FN3OS. The normalized spacial score (nSPS) is 10.5. The van der Waals surface area contributed by atoms with E-state index in [9.17, 15) is 9.18 Å². The van der Waals surface area contributed by atoms with Gasteiger partial charge in [-0.25, -0.2) is 9.37 Å². The van der Waals surface area contributed by atoms with Crippen molar-refractivity contribution in [2.45, 2.75) is 13.3 Å². The van der Waals surface area contributed by atoms with Crippen LogP contribution in [-0.4, -0.2) is 17.4 Å². The molecule has 0 aliphatic carbocycles. The summed E-state index contributed by atoms with van der Waals surface area (Å²) in [5.74, 6) is -0.406. The first-order valence-electron chi connectivity index (χ1n) is 7.88. The van der Waals surface area contributed by atoms with Crippen molar-refractivity contribution in [2.75, 3.05) is 17.2 Å². The van der Waals surface area contributed by atoms with Crippen LogP contribution in [-0.2, 0) is 11.2 Å². The SMILES string of the molecule is Cc1ccc(NCC(=O)Nc2ncc(Cc3ccccc3F)s2)cc1. The molecule has 2 aromatic carbocycles. The summed E-state index contributed by atoms with van der Waals surface area (Å²) in [6.07, 6.45) is 2.13. The molecule has 128 valence electrons. The van der Waals surface area contributed by atoms with Gasteiger partial charge in [0, 0.05) is 23.2 Å². The minimum Gasteiger partial charge on any atom is -0.376 e. The van der Waals surface area contributed by atoms with Crippen molar-refractivity contribution in [3.8, 4) is 0 Å². The van der Waals surface area contributed by atoms with E-state index in [0.717, 1.165) is 10.6 Å². The number of halogens is 1.